The van der Waals surface area contributed by atoms with Crippen molar-refractivity contribution >= 4 is 5.97 Å². The van der Waals surface area contributed by atoms with E-state index in [1.54, 1.807) is 27.0 Å². The van der Waals surface area contributed by atoms with Gasteiger partial charge in [-0.3, -0.25) is 4.79 Å². The molecular formula is C14H15NO4. The Labute approximate surface area is 110 Å². The fraction of sp³-hybridized carbons (Fsp3) is 0.286. The van der Waals surface area contributed by atoms with E-state index in [9.17, 15) is 4.79 Å². The molecule has 0 aliphatic carbocycles. The lowest BCUT2D eigenvalue weighted by molar-refractivity contribution is -0.143. The van der Waals surface area contributed by atoms with Crippen LogP contribution in [0.5, 0.6) is 5.75 Å². The first-order chi connectivity index (χ1) is 8.95. The van der Waals surface area contributed by atoms with E-state index in [1.165, 1.54) is 6.20 Å². The zero-order valence-corrected chi connectivity index (χ0v) is 11.0. The summed E-state index contributed by atoms with van der Waals surface area (Å²) in [7, 11) is 1.58. The van der Waals surface area contributed by atoms with Crippen molar-refractivity contribution in [3.8, 4) is 17.2 Å². The average Bonchev–Trinajstić information content (AvgIpc) is 2.89. The number of ether oxygens (including phenoxy) is 1. The van der Waals surface area contributed by atoms with Gasteiger partial charge in [-0.25, -0.2) is 4.98 Å². The van der Waals surface area contributed by atoms with E-state index in [0.29, 0.717) is 17.4 Å². The Morgan fingerprint density at radius 3 is 2.79 bits per heavy atom. The Kier molecular flexibility index (Phi) is 3.29. The monoisotopic (exact) mass is 261 g/mol. The number of nitrogens with zero attached hydrogens (tertiary/aromatic N) is 1. The quantitative estimate of drug-likeness (QED) is 0.916. The van der Waals surface area contributed by atoms with Gasteiger partial charge in [0.05, 0.1) is 13.3 Å². The van der Waals surface area contributed by atoms with Gasteiger partial charge >= 0.3 is 5.97 Å². The Morgan fingerprint density at radius 1 is 1.42 bits per heavy atom. The molecule has 2 rings (SSSR count). The summed E-state index contributed by atoms with van der Waals surface area (Å²) in [4.78, 5) is 15.3. The molecule has 1 N–H and O–H groups in total. The SMILES string of the molecule is COc1cccc(-c2ncc(C(C)(C)C(=O)O)o2)c1. The van der Waals surface area contributed by atoms with Gasteiger partial charge in [-0.15, -0.1) is 0 Å². The Balaban J connectivity index is 2.38. The first-order valence-corrected chi connectivity index (χ1v) is 5.79. The molecule has 0 unspecified atom stereocenters. The van der Waals surface area contributed by atoms with Crippen LogP contribution in [0.2, 0.25) is 0 Å². The van der Waals surface area contributed by atoms with Crippen LogP contribution < -0.4 is 4.74 Å². The molecule has 0 atom stereocenters. The number of benzene rings is 1. The maximum atomic E-state index is 11.2. The van der Waals surface area contributed by atoms with Crippen LogP contribution in [0.25, 0.3) is 11.5 Å². The molecule has 0 spiro atoms. The number of carboxylic acids is 1. The van der Waals surface area contributed by atoms with Gasteiger partial charge in [-0.1, -0.05) is 6.07 Å². The van der Waals surface area contributed by atoms with Crippen molar-refractivity contribution < 1.29 is 19.1 Å². The summed E-state index contributed by atoms with van der Waals surface area (Å²) in [5, 5.41) is 9.15. The Hall–Kier alpha value is -2.30. The van der Waals surface area contributed by atoms with Gasteiger partial charge in [-0.05, 0) is 32.0 Å². The molecule has 5 heteroatoms. The summed E-state index contributed by atoms with van der Waals surface area (Å²) >= 11 is 0. The van der Waals surface area contributed by atoms with Crippen molar-refractivity contribution in [2.75, 3.05) is 7.11 Å². The molecule has 0 bridgehead atoms. The molecule has 19 heavy (non-hydrogen) atoms. The highest BCUT2D eigenvalue weighted by atomic mass is 16.5. The molecule has 1 aromatic heterocycles. The topological polar surface area (TPSA) is 72.6 Å². The molecule has 0 fully saturated rings. The number of rotatable bonds is 4. The lowest BCUT2D eigenvalue weighted by Gasteiger charge is -2.14. The molecule has 100 valence electrons. The third-order valence-electron chi connectivity index (χ3n) is 2.97. The fourth-order valence-corrected chi connectivity index (χ4v) is 1.56. The molecule has 0 aliphatic rings. The maximum Gasteiger partial charge on any atom is 0.316 e. The minimum absolute atomic E-state index is 0.317. The summed E-state index contributed by atoms with van der Waals surface area (Å²) in [5.74, 6) is 0.427. The first-order valence-electron chi connectivity index (χ1n) is 5.79. The highest BCUT2D eigenvalue weighted by Crippen LogP contribution is 2.29. The van der Waals surface area contributed by atoms with E-state index in [4.69, 9.17) is 14.3 Å². The van der Waals surface area contributed by atoms with Crippen LogP contribution in [0.3, 0.4) is 0 Å². The number of carboxylic acid groups (broad SMARTS) is 1. The molecule has 0 saturated carbocycles. The molecule has 2 aromatic rings. The second kappa shape index (κ2) is 4.76. The van der Waals surface area contributed by atoms with E-state index in [2.05, 4.69) is 4.98 Å². The molecule has 5 nitrogen and oxygen atoms in total. The third-order valence-corrected chi connectivity index (χ3v) is 2.97. The van der Waals surface area contributed by atoms with Crippen LogP contribution in [0, 0.1) is 0 Å². The second-order valence-corrected chi connectivity index (χ2v) is 4.69. The van der Waals surface area contributed by atoms with Crippen LogP contribution in [-0.4, -0.2) is 23.2 Å². The number of aliphatic carboxylic acids is 1. The van der Waals surface area contributed by atoms with Crippen molar-refractivity contribution in [3.63, 3.8) is 0 Å². The predicted molar refractivity (Wildman–Crippen MR) is 69.2 cm³/mol. The summed E-state index contributed by atoms with van der Waals surface area (Å²) in [6.45, 7) is 3.15. The van der Waals surface area contributed by atoms with Crippen molar-refractivity contribution in [2.45, 2.75) is 19.3 Å². The molecule has 1 aromatic carbocycles. The number of hydrogen-bond donors (Lipinski definition) is 1. The normalized spacial score (nSPS) is 11.3. The summed E-state index contributed by atoms with van der Waals surface area (Å²) in [6, 6.07) is 7.24. The van der Waals surface area contributed by atoms with E-state index in [-0.39, 0.29) is 0 Å². The lowest BCUT2D eigenvalue weighted by Crippen LogP contribution is -2.27. The average molecular weight is 261 g/mol. The zero-order valence-electron chi connectivity index (χ0n) is 11.0. The van der Waals surface area contributed by atoms with Gasteiger partial charge < -0.3 is 14.3 Å². The lowest BCUT2D eigenvalue weighted by atomic mass is 9.91. The van der Waals surface area contributed by atoms with Gasteiger partial charge in [0.15, 0.2) is 0 Å². The van der Waals surface area contributed by atoms with Crippen molar-refractivity contribution in [1.29, 1.82) is 0 Å². The summed E-state index contributed by atoms with van der Waals surface area (Å²) in [5.41, 5.74) is -0.365. The number of oxazole rings is 1. The summed E-state index contributed by atoms with van der Waals surface area (Å²) < 4.78 is 10.7. The minimum atomic E-state index is -1.11. The smallest absolute Gasteiger partial charge is 0.316 e. The Morgan fingerprint density at radius 2 is 2.16 bits per heavy atom. The van der Waals surface area contributed by atoms with Gasteiger partial charge in [-0.2, -0.15) is 0 Å². The van der Waals surface area contributed by atoms with Gasteiger partial charge in [0, 0.05) is 5.56 Å². The van der Waals surface area contributed by atoms with E-state index < -0.39 is 11.4 Å². The van der Waals surface area contributed by atoms with Crippen molar-refractivity contribution in [1.82, 2.24) is 4.98 Å². The molecule has 0 amide bonds. The standard InChI is InChI=1S/C14H15NO4/c1-14(2,13(16)17)11-8-15-12(19-11)9-5-4-6-10(7-9)18-3/h4-8H,1-3H3,(H,16,17). The number of carbonyl (C=O) groups is 1. The van der Waals surface area contributed by atoms with Crippen LogP contribution in [0.1, 0.15) is 19.6 Å². The number of hydrogen-bond acceptors (Lipinski definition) is 4. The van der Waals surface area contributed by atoms with Crippen LogP contribution in [-0.2, 0) is 10.2 Å². The van der Waals surface area contributed by atoms with Crippen molar-refractivity contribution in [2.24, 2.45) is 0 Å². The first kappa shape index (κ1) is 13.1. The maximum absolute atomic E-state index is 11.2. The number of methoxy groups -OCH3 is 1. The molecule has 0 radical (unpaired) electrons. The molecule has 0 aliphatic heterocycles. The second-order valence-electron chi connectivity index (χ2n) is 4.69. The fourth-order valence-electron chi connectivity index (χ4n) is 1.56. The highest BCUT2D eigenvalue weighted by Gasteiger charge is 2.33. The summed E-state index contributed by atoms with van der Waals surface area (Å²) in [6.07, 6.45) is 1.45. The molecule has 1 heterocycles. The van der Waals surface area contributed by atoms with Crippen LogP contribution in [0.4, 0.5) is 0 Å². The van der Waals surface area contributed by atoms with Crippen LogP contribution >= 0.6 is 0 Å². The van der Waals surface area contributed by atoms with Crippen LogP contribution in [0.15, 0.2) is 34.9 Å². The predicted octanol–water partition coefficient (Wildman–Crippen LogP) is 2.71. The Bertz CT molecular complexity index is 601. The number of aromatic nitrogens is 1. The zero-order chi connectivity index (χ0) is 14.0. The van der Waals surface area contributed by atoms with E-state index in [0.717, 1.165) is 5.56 Å². The van der Waals surface area contributed by atoms with Gasteiger partial charge in [0.25, 0.3) is 0 Å². The molecule has 0 saturated heterocycles. The van der Waals surface area contributed by atoms with E-state index >= 15 is 0 Å². The third kappa shape index (κ3) is 2.45. The van der Waals surface area contributed by atoms with E-state index in [1.807, 2.05) is 18.2 Å². The van der Waals surface area contributed by atoms with Gasteiger partial charge in [0.2, 0.25) is 5.89 Å². The molecular weight excluding hydrogens is 246 g/mol. The highest BCUT2D eigenvalue weighted by molar-refractivity contribution is 5.79. The van der Waals surface area contributed by atoms with Crippen molar-refractivity contribution in [3.05, 3.63) is 36.2 Å². The largest absolute Gasteiger partial charge is 0.497 e. The minimum Gasteiger partial charge on any atom is -0.497 e. The van der Waals surface area contributed by atoms with Gasteiger partial charge in [0.1, 0.15) is 16.9 Å².